The van der Waals surface area contributed by atoms with Gasteiger partial charge in [0.15, 0.2) is 5.16 Å². The molecule has 0 aliphatic heterocycles. The number of benzene rings is 2. The number of hydrogen-bond donors (Lipinski definition) is 1. The summed E-state index contributed by atoms with van der Waals surface area (Å²) in [4.78, 5) is 30.3. The van der Waals surface area contributed by atoms with Gasteiger partial charge in [-0.1, -0.05) is 53.2 Å². The number of nitrogens with one attached hydrogen (secondary N) is 1. The van der Waals surface area contributed by atoms with Crippen LogP contribution < -0.4 is 10.9 Å². The fourth-order valence-electron chi connectivity index (χ4n) is 3.17. The van der Waals surface area contributed by atoms with Gasteiger partial charge in [-0.15, -0.1) is 11.3 Å². The first kappa shape index (κ1) is 21.6. The molecule has 0 spiro atoms. The van der Waals surface area contributed by atoms with E-state index in [1.54, 1.807) is 28.8 Å². The molecule has 0 bridgehead atoms. The van der Waals surface area contributed by atoms with E-state index in [1.165, 1.54) is 28.7 Å². The summed E-state index contributed by atoms with van der Waals surface area (Å²) in [6, 6.07) is 15.1. The first-order chi connectivity index (χ1) is 15.0. The summed E-state index contributed by atoms with van der Waals surface area (Å²) in [6.45, 7) is 4.43. The molecule has 1 amide bonds. The number of nitrogens with zero attached hydrogens (tertiary/aromatic N) is 2. The van der Waals surface area contributed by atoms with E-state index < -0.39 is 0 Å². The highest BCUT2D eigenvalue weighted by Crippen LogP contribution is 2.32. The molecule has 4 aromatic rings. The van der Waals surface area contributed by atoms with Crippen molar-refractivity contribution in [3.63, 3.8) is 0 Å². The van der Waals surface area contributed by atoms with Crippen LogP contribution in [0.25, 0.3) is 21.3 Å². The quantitative estimate of drug-likeness (QED) is 0.284. The van der Waals surface area contributed by atoms with Gasteiger partial charge < -0.3 is 5.32 Å². The monoisotopic (exact) mass is 469 g/mol. The number of halogens is 1. The van der Waals surface area contributed by atoms with Crippen molar-refractivity contribution in [3.8, 4) is 11.1 Å². The Labute approximate surface area is 193 Å². The van der Waals surface area contributed by atoms with E-state index in [4.69, 9.17) is 16.6 Å². The normalized spacial score (nSPS) is 11.1. The predicted molar refractivity (Wildman–Crippen MR) is 131 cm³/mol. The summed E-state index contributed by atoms with van der Waals surface area (Å²) >= 11 is 8.55. The molecule has 4 rings (SSSR count). The van der Waals surface area contributed by atoms with Crippen molar-refractivity contribution in [3.05, 3.63) is 74.9 Å². The van der Waals surface area contributed by atoms with Gasteiger partial charge in [0.1, 0.15) is 4.70 Å². The topological polar surface area (TPSA) is 64.0 Å². The van der Waals surface area contributed by atoms with Gasteiger partial charge in [-0.05, 0) is 43.7 Å². The highest BCUT2D eigenvalue weighted by molar-refractivity contribution is 7.99. The van der Waals surface area contributed by atoms with Crippen LogP contribution in [0.15, 0.2) is 63.9 Å². The van der Waals surface area contributed by atoms with E-state index in [1.807, 2.05) is 43.5 Å². The predicted octanol–water partition coefficient (Wildman–Crippen LogP) is 5.84. The Balaban J connectivity index is 1.62. The Kier molecular flexibility index (Phi) is 6.46. The highest BCUT2D eigenvalue weighted by Gasteiger charge is 2.17. The minimum Gasteiger partial charge on any atom is -0.325 e. The van der Waals surface area contributed by atoms with Crippen LogP contribution in [0.3, 0.4) is 0 Å². The van der Waals surface area contributed by atoms with Gasteiger partial charge in [-0.25, -0.2) is 4.98 Å². The third-order valence-electron chi connectivity index (χ3n) is 4.78. The van der Waals surface area contributed by atoms with Gasteiger partial charge in [-0.2, -0.15) is 0 Å². The number of anilines is 1. The zero-order chi connectivity index (χ0) is 22.0. The van der Waals surface area contributed by atoms with Crippen LogP contribution in [0.5, 0.6) is 0 Å². The zero-order valence-electron chi connectivity index (χ0n) is 17.0. The minimum atomic E-state index is -0.173. The van der Waals surface area contributed by atoms with Crippen LogP contribution in [-0.4, -0.2) is 21.2 Å². The number of amides is 1. The maximum Gasteiger partial charge on any atom is 0.272 e. The van der Waals surface area contributed by atoms with E-state index in [0.29, 0.717) is 32.6 Å². The molecule has 0 aliphatic rings. The van der Waals surface area contributed by atoms with Gasteiger partial charge in [0.2, 0.25) is 5.91 Å². The smallest absolute Gasteiger partial charge is 0.272 e. The summed E-state index contributed by atoms with van der Waals surface area (Å²) in [5.41, 5.74) is 4.42. The van der Waals surface area contributed by atoms with Gasteiger partial charge in [0.25, 0.3) is 5.56 Å². The van der Waals surface area contributed by atoms with Crippen molar-refractivity contribution in [2.75, 3.05) is 11.1 Å². The molecule has 2 aromatic heterocycles. The Hall–Kier alpha value is -2.61. The number of aryl methyl sites for hydroxylation is 1. The van der Waals surface area contributed by atoms with Crippen molar-refractivity contribution < 1.29 is 4.79 Å². The van der Waals surface area contributed by atoms with Crippen LogP contribution >= 0.6 is 34.7 Å². The molecule has 1 N–H and O–H groups in total. The number of aromatic nitrogens is 2. The number of hydrogen-bond acceptors (Lipinski definition) is 5. The average Bonchev–Trinajstić information content (AvgIpc) is 3.19. The molecular formula is C23H20ClN3O2S2. The number of thiophene rings is 1. The summed E-state index contributed by atoms with van der Waals surface area (Å²) in [7, 11) is 0. The Morgan fingerprint density at radius 1 is 1.16 bits per heavy atom. The molecule has 0 saturated heterocycles. The third kappa shape index (κ3) is 4.69. The van der Waals surface area contributed by atoms with Gasteiger partial charge >= 0.3 is 0 Å². The largest absolute Gasteiger partial charge is 0.325 e. The molecule has 2 heterocycles. The number of fused-ring (bicyclic) bond motifs is 1. The zero-order valence-corrected chi connectivity index (χ0v) is 19.4. The standard InChI is InChI=1S/C23H20ClN3O2S2/c1-3-27-22(29)21-20(18(12-30-21)15-6-4-14(2)5-7-15)26-23(27)31-13-19(28)25-17-10-8-16(24)9-11-17/h4-12H,3,13H2,1-2H3,(H,25,28). The number of thioether (sulfide) groups is 1. The minimum absolute atomic E-state index is 0.0727. The van der Waals surface area contributed by atoms with Crippen molar-refractivity contribution >= 4 is 56.5 Å². The molecule has 0 unspecified atom stereocenters. The lowest BCUT2D eigenvalue weighted by atomic mass is 10.1. The molecule has 31 heavy (non-hydrogen) atoms. The second-order valence-corrected chi connectivity index (χ2v) is 9.24. The Bertz CT molecular complexity index is 1300. The van der Waals surface area contributed by atoms with E-state index in [9.17, 15) is 9.59 Å². The summed E-state index contributed by atoms with van der Waals surface area (Å²) < 4.78 is 2.25. The van der Waals surface area contributed by atoms with Crippen LogP contribution in [0.1, 0.15) is 12.5 Å². The first-order valence-electron chi connectivity index (χ1n) is 9.73. The second kappa shape index (κ2) is 9.26. The van der Waals surface area contributed by atoms with E-state index >= 15 is 0 Å². The number of rotatable bonds is 6. The molecule has 0 fully saturated rings. The van der Waals surface area contributed by atoms with E-state index in [-0.39, 0.29) is 17.2 Å². The first-order valence-corrected chi connectivity index (χ1v) is 12.0. The second-order valence-electron chi connectivity index (χ2n) is 6.98. The molecule has 5 nitrogen and oxygen atoms in total. The average molecular weight is 470 g/mol. The lowest BCUT2D eigenvalue weighted by molar-refractivity contribution is -0.113. The lowest BCUT2D eigenvalue weighted by Crippen LogP contribution is -2.22. The molecule has 158 valence electrons. The highest BCUT2D eigenvalue weighted by atomic mass is 35.5. The number of carbonyl (C=O) groups is 1. The molecule has 0 aliphatic carbocycles. The van der Waals surface area contributed by atoms with Crippen molar-refractivity contribution in [1.29, 1.82) is 0 Å². The maximum absolute atomic E-state index is 13.1. The van der Waals surface area contributed by atoms with Crippen molar-refractivity contribution in [2.45, 2.75) is 25.5 Å². The van der Waals surface area contributed by atoms with Crippen molar-refractivity contribution in [1.82, 2.24) is 9.55 Å². The van der Waals surface area contributed by atoms with Gasteiger partial charge in [-0.3, -0.25) is 14.2 Å². The Morgan fingerprint density at radius 2 is 1.87 bits per heavy atom. The van der Waals surface area contributed by atoms with Crippen LogP contribution in [0.4, 0.5) is 5.69 Å². The molecule has 2 aromatic carbocycles. The number of carbonyl (C=O) groups excluding carboxylic acids is 1. The molecule has 0 atom stereocenters. The van der Waals surface area contributed by atoms with E-state index in [2.05, 4.69) is 5.32 Å². The van der Waals surface area contributed by atoms with Crippen LogP contribution in [0.2, 0.25) is 5.02 Å². The molecule has 8 heteroatoms. The maximum atomic E-state index is 13.1. The lowest BCUT2D eigenvalue weighted by Gasteiger charge is -2.11. The third-order valence-corrected chi connectivity index (χ3v) is 6.97. The fourth-order valence-corrected chi connectivity index (χ4v) is 5.11. The van der Waals surface area contributed by atoms with Crippen LogP contribution in [-0.2, 0) is 11.3 Å². The van der Waals surface area contributed by atoms with Crippen LogP contribution in [0, 0.1) is 6.92 Å². The molecule has 0 radical (unpaired) electrons. The summed E-state index contributed by atoms with van der Waals surface area (Å²) in [5.74, 6) is -0.0294. The molecular weight excluding hydrogens is 450 g/mol. The SMILES string of the molecule is CCn1c(SCC(=O)Nc2ccc(Cl)cc2)nc2c(-c3ccc(C)cc3)csc2c1=O. The van der Waals surface area contributed by atoms with Crippen molar-refractivity contribution in [2.24, 2.45) is 0 Å². The van der Waals surface area contributed by atoms with Gasteiger partial charge in [0, 0.05) is 28.2 Å². The Morgan fingerprint density at radius 3 is 2.55 bits per heavy atom. The summed E-state index contributed by atoms with van der Waals surface area (Å²) in [5, 5.41) is 5.96. The van der Waals surface area contributed by atoms with E-state index in [0.717, 1.165) is 11.1 Å². The summed E-state index contributed by atoms with van der Waals surface area (Å²) in [6.07, 6.45) is 0. The molecule has 0 saturated carbocycles. The fraction of sp³-hybridized carbons (Fsp3) is 0.174. The van der Waals surface area contributed by atoms with Gasteiger partial charge in [0.05, 0.1) is 11.3 Å².